The number of nitrogens with zero attached hydrogens (tertiary/aromatic N) is 1. The fourth-order valence-corrected chi connectivity index (χ4v) is 5.09. The third-order valence-electron chi connectivity index (χ3n) is 6.57. The van der Waals surface area contributed by atoms with Crippen molar-refractivity contribution in [1.29, 1.82) is 0 Å². The highest BCUT2D eigenvalue weighted by Gasteiger charge is 2.38. The van der Waals surface area contributed by atoms with Crippen LogP contribution in [0.1, 0.15) is 48.9 Å². The van der Waals surface area contributed by atoms with Crippen LogP contribution in [-0.4, -0.2) is 4.98 Å². The van der Waals surface area contributed by atoms with Crippen molar-refractivity contribution in [2.24, 2.45) is 5.41 Å². The van der Waals surface area contributed by atoms with Crippen molar-refractivity contribution < 1.29 is 4.39 Å². The number of fused-ring (bicyclic) bond motifs is 2. The fourth-order valence-electron chi connectivity index (χ4n) is 5.09. The van der Waals surface area contributed by atoms with E-state index < -0.39 is 0 Å². The Labute approximate surface area is 159 Å². The predicted molar refractivity (Wildman–Crippen MR) is 108 cm³/mol. The third kappa shape index (κ3) is 3.09. The van der Waals surface area contributed by atoms with Crippen LogP contribution in [0.25, 0.3) is 10.9 Å². The topological polar surface area (TPSA) is 24.9 Å². The maximum absolute atomic E-state index is 13.2. The second-order valence-corrected chi connectivity index (χ2v) is 8.29. The number of hydrogen-bond acceptors (Lipinski definition) is 2. The van der Waals surface area contributed by atoms with Gasteiger partial charge in [0, 0.05) is 23.3 Å². The zero-order valence-electron chi connectivity index (χ0n) is 15.6. The molecule has 27 heavy (non-hydrogen) atoms. The largest absolute Gasteiger partial charge is 0.380 e. The number of rotatable bonds is 3. The monoisotopic (exact) mass is 360 g/mol. The molecule has 1 N–H and O–H groups in total. The summed E-state index contributed by atoms with van der Waals surface area (Å²) < 4.78 is 13.2. The van der Waals surface area contributed by atoms with E-state index in [0.29, 0.717) is 12.0 Å². The highest BCUT2D eigenvalue weighted by Crippen LogP contribution is 2.49. The number of pyridine rings is 1. The van der Waals surface area contributed by atoms with Crippen molar-refractivity contribution in [3.63, 3.8) is 0 Å². The summed E-state index contributed by atoms with van der Waals surface area (Å²) in [6.45, 7) is 0.702. The molecule has 0 radical (unpaired) electrons. The van der Waals surface area contributed by atoms with Crippen molar-refractivity contribution >= 4 is 16.6 Å². The second-order valence-electron chi connectivity index (χ2n) is 8.29. The number of para-hydroxylation sites is 1. The number of hydrogen-bond donors (Lipinski definition) is 1. The molecule has 2 aliphatic carbocycles. The molecule has 5 rings (SSSR count). The summed E-state index contributed by atoms with van der Waals surface area (Å²) in [6, 6.07) is 15.2. The van der Waals surface area contributed by atoms with Gasteiger partial charge in [-0.25, -0.2) is 4.39 Å². The zero-order chi connectivity index (χ0) is 18.3. The maximum atomic E-state index is 13.2. The first kappa shape index (κ1) is 16.7. The van der Waals surface area contributed by atoms with Gasteiger partial charge in [0.15, 0.2) is 0 Å². The van der Waals surface area contributed by atoms with Crippen LogP contribution in [0.4, 0.5) is 10.1 Å². The summed E-state index contributed by atoms with van der Waals surface area (Å²) in [5.41, 5.74) is 6.59. The van der Waals surface area contributed by atoms with Crippen LogP contribution in [0, 0.1) is 11.2 Å². The van der Waals surface area contributed by atoms with E-state index >= 15 is 0 Å². The molecule has 0 amide bonds. The zero-order valence-corrected chi connectivity index (χ0v) is 15.6. The molecule has 1 spiro atoms. The molecule has 0 atom stereocenters. The summed E-state index contributed by atoms with van der Waals surface area (Å²) in [6.07, 6.45) is 8.97. The SMILES string of the molecule is Fc1ccc(CNc2c3c(nc4ccccc24)CCC2(CCCC2)C3)cc1. The molecule has 1 saturated carbocycles. The predicted octanol–water partition coefficient (Wildman–Crippen LogP) is 6.04. The average molecular weight is 360 g/mol. The molecule has 0 saturated heterocycles. The number of aromatic nitrogens is 1. The third-order valence-corrected chi connectivity index (χ3v) is 6.57. The van der Waals surface area contributed by atoms with Crippen molar-refractivity contribution in [2.45, 2.75) is 51.5 Å². The minimum absolute atomic E-state index is 0.186. The van der Waals surface area contributed by atoms with Crippen molar-refractivity contribution in [2.75, 3.05) is 5.32 Å². The molecule has 0 aliphatic heterocycles. The van der Waals surface area contributed by atoms with E-state index in [2.05, 4.69) is 29.6 Å². The van der Waals surface area contributed by atoms with Crippen LogP contribution >= 0.6 is 0 Å². The summed E-state index contributed by atoms with van der Waals surface area (Å²) >= 11 is 0. The van der Waals surface area contributed by atoms with Gasteiger partial charge in [0.2, 0.25) is 0 Å². The summed E-state index contributed by atoms with van der Waals surface area (Å²) in [4.78, 5) is 5.01. The molecule has 0 bridgehead atoms. The lowest BCUT2D eigenvalue weighted by Gasteiger charge is -2.35. The van der Waals surface area contributed by atoms with Gasteiger partial charge in [-0.2, -0.15) is 0 Å². The number of aryl methyl sites for hydroxylation is 1. The van der Waals surface area contributed by atoms with E-state index in [1.165, 1.54) is 66.6 Å². The highest BCUT2D eigenvalue weighted by molar-refractivity contribution is 5.93. The van der Waals surface area contributed by atoms with Crippen LogP contribution in [0.15, 0.2) is 48.5 Å². The van der Waals surface area contributed by atoms with Crippen LogP contribution < -0.4 is 5.32 Å². The minimum atomic E-state index is -0.186. The van der Waals surface area contributed by atoms with Gasteiger partial charge >= 0.3 is 0 Å². The van der Waals surface area contributed by atoms with Gasteiger partial charge in [0.05, 0.1) is 5.52 Å². The van der Waals surface area contributed by atoms with Crippen molar-refractivity contribution in [3.05, 3.63) is 71.2 Å². The van der Waals surface area contributed by atoms with Crippen LogP contribution in [0.3, 0.4) is 0 Å². The van der Waals surface area contributed by atoms with Gasteiger partial charge in [-0.3, -0.25) is 4.98 Å². The van der Waals surface area contributed by atoms with Gasteiger partial charge in [0.1, 0.15) is 5.82 Å². The Morgan fingerprint density at radius 2 is 1.74 bits per heavy atom. The lowest BCUT2D eigenvalue weighted by molar-refractivity contribution is 0.253. The maximum Gasteiger partial charge on any atom is 0.123 e. The molecule has 2 aromatic carbocycles. The van der Waals surface area contributed by atoms with Crippen LogP contribution in [0.2, 0.25) is 0 Å². The number of anilines is 1. The smallest absolute Gasteiger partial charge is 0.123 e. The molecular weight excluding hydrogens is 335 g/mol. The van der Waals surface area contributed by atoms with Gasteiger partial charge in [-0.05, 0) is 66.8 Å². The number of benzene rings is 2. The quantitative estimate of drug-likeness (QED) is 0.616. The summed E-state index contributed by atoms with van der Waals surface area (Å²) in [7, 11) is 0. The van der Waals surface area contributed by atoms with Gasteiger partial charge < -0.3 is 5.32 Å². The lowest BCUT2D eigenvalue weighted by Crippen LogP contribution is -2.27. The first-order chi connectivity index (χ1) is 13.2. The molecule has 1 heterocycles. The van der Waals surface area contributed by atoms with Gasteiger partial charge in [-0.15, -0.1) is 0 Å². The number of halogens is 1. The molecule has 138 valence electrons. The average Bonchev–Trinajstić information content (AvgIpc) is 3.15. The Bertz CT molecular complexity index is 972. The van der Waals surface area contributed by atoms with Gasteiger partial charge in [0.25, 0.3) is 0 Å². The molecule has 3 aromatic rings. The Kier molecular flexibility index (Phi) is 4.11. The van der Waals surface area contributed by atoms with Crippen molar-refractivity contribution in [3.8, 4) is 0 Å². The lowest BCUT2D eigenvalue weighted by atomic mass is 9.71. The van der Waals surface area contributed by atoms with E-state index in [9.17, 15) is 4.39 Å². The molecule has 2 aliphatic rings. The Morgan fingerprint density at radius 1 is 0.963 bits per heavy atom. The molecule has 3 heteroatoms. The van der Waals surface area contributed by atoms with Crippen LogP contribution in [-0.2, 0) is 19.4 Å². The summed E-state index contributed by atoms with van der Waals surface area (Å²) in [5, 5.41) is 4.90. The Balaban J connectivity index is 1.55. The van der Waals surface area contributed by atoms with E-state index in [1.54, 1.807) is 0 Å². The van der Waals surface area contributed by atoms with Crippen LogP contribution in [0.5, 0.6) is 0 Å². The molecule has 0 unspecified atom stereocenters. The Morgan fingerprint density at radius 3 is 2.56 bits per heavy atom. The number of nitrogens with one attached hydrogen (secondary N) is 1. The van der Waals surface area contributed by atoms with E-state index in [1.807, 2.05) is 12.1 Å². The van der Waals surface area contributed by atoms with Gasteiger partial charge in [-0.1, -0.05) is 43.2 Å². The minimum Gasteiger partial charge on any atom is -0.380 e. The van der Waals surface area contributed by atoms with E-state index in [4.69, 9.17) is 4.98 Å². The normalized spacial score (nSPS) is 18.0. The first-order valence-electron chi connectivity index (χ1n) is 10.1. The van der Waals surface area contributed by atoms with E-state index in [-0.39, 0.29) is 5.82 Å². The standard InChI is InChI=1S/C24H25FN2/c25-18-9-7-17(8-10-18)16-26-23-19-5-1-2-6-21(19)27-22-11-14-24(15-20(22)23)12-3-4-13-24/h1-2,5-10H,3-4,11-16H2,(H,26,27). The molecular formula is C24H25FN2. The molecule has 1 fully saturated rings. The first-order valence-corrected chi connectivity index (χ1v) is 10.1. The summed E-state index contributed by atoms with van der Waals surface area (Å²) in [5.74, 6) is -0.186. The van der Waals surface area contributed by atoms with Crippen molar-refractivity contribution in [1.82, 2.24) is 4.98 Å². The second kappa shape index (κ2) is 6.63. The Hall–Kier alpha value is -2.42. The van der Waals surface area contributed by atoms with E-state index in [0.717, 1.165) is 23.9 Å². The molecule has 2 nitrogen and oxygen atoms in total. The molecule has 1 aromatic heterocycles. The fraction of sp³-hybridized carbons (Fsp3) is 0.375. The highest BCUT2D eigenvalue weighted by atomic mass is 19.1.